The minimum Gasteiger partial charge on any atom is -0.459 e. The fraction of sp³-hybridized carbons (Fsp3) is 0.278. The predicted molar refractivity (Wildman–Crippen MR) is 92.1 cm³/mol. The van der Waals surface area contributed by atoms with E-state index in [0.29, 0.717) is 13.0 Å². The molecule has 24 heavy (non-hydrogen) atoms. The Morgan fingerprint density at radius 3 is 2.92 bits per heavy atom. The molecule has 1 atom stereocenters. The molecule has 1 fully saturated rings. The molecule has 1 aliphatic rings. The number of likely N-dealkylation sites (tertiary alicyclic amines) is 1. The lowest BCUT2D eigenvalue weighted by Gasteiger charge is -2.21. The maximum atomic E-state index is 12.3. The second-order valence-corrected chi connectivity index (χ2v) is 6.25. The van der Waals surface area contributed by atoms with E-state index in [1.54, 1.807) is 16.5 Å². The van der Waals surface area contributed by atoms with Crippen LogP contribution in [0.15, 0.2) is 47.3 Å². The number of esters is 1. The van der Waals surface area contributed by atoms with Crippen LogP contribution in [0.25, 0.3) is 6.08 Å². The summed E-state index contributed by atoms with van der Waals surface area (Å²) >= 11 is 1.47. The van der Waals surface area contributed by atoms with E-state index in [9.17, 15) is 9.59 Å². The van der Waals surface area contributed by atoms with Gasteiger partial charge < -0.3 is 9.64 Å². The van der Waals surface area contributed by atoms with Crippen molar-refractivity contribution < 1.29 is 14.3 Å². The Balaban J connectivity index is 1.58. The molecule has 1 aromatic heterocycles. The monoisotopic (exact) mass is 342 g/mol. The van der Waals surface area contributed by atoms with Crippen molar-refractivity contribution in [3.8, 4) is 0 Å². The van der Waals surface area contributed by atoms with Gasteiger partial charge in [0.25, 0.3) is 0 Å². The number of rotatable bonds is 5. The highest BCUT2D eigenvalue weighted by Crippen LogP contribution is 2.20. The zero-order valence-electron chi connectivity index (χ0n) is 13.1. The summed E-state index contributed by atoms with van der Waals surface area (Å²) in [6.07, 6.45) is 4.59. The van der Waals surface area contributed by atoms with Crippen molar-refractivity contribution in [2.45, 2.75) is 25.5 Å². The van der Waals surface area contributed by atoms with Crippen LogP contribution in [0, 0.1) is 0 Å². The third-order valence-electron chi connectivity index (χ3n) is 3.88. The molecule has 0 unspecified atom stereocenters. The third-order valence-corrected chi connectivity index (χ3v) is 4.48. The molecule has 0 saturated carbocycles. The molecule has 0 N–H and O–H groups in total. The Kier molecular flexibility index (Phi) is 5.38. The fourth-order valence-electron chi connectivity index (χ4n) is 2.66. The highest BCUT2D eigenvalue weighted by molar-refractivity contribution is 7.07. The highest BCUT2D eigenvalue weighted by Gasteiger charge is 2.34. The molecule has 5 nitrogen and oxygen atoms in total. The Morgan fingerprint density at radius 2 is 2.17 bits per heavy atom. The number of hydrogen-bond acceptors (Lipinski definition) is 5. The minimum atomic E-state index is -0.499. The van der Waals surface area contributed by atoms with Crippen LogP contribution >= 0.6 is 11.3 Å². The van der Waals surface area contributed by atoms with Gasteiger partial charge in [-0.25, -0.2) is 9.78 Å². The van der Waals surface area contributed by atoms with Gasteiger partial charge in [-0.05, 0) is 24.5 Å². The summed E-state index contributed by atoms with van der Waals surface area (Å²) in [5.41, 5.74) is 3.39. The standard InChI is InChI=1S/C18H18N2O3S/c21-17(9-8-15-12-24-13-19-15)20-10-4-7-16(20)18(22)23-11-14-5-2-1-3-6-14/h1-3,5-6,8-9,12-13,16H,4,7,10-11H2/b9-8+/t16-/m1/s1. The summed E-state index contributed by atoms with van der Waals surface area (Å²) in [6, 6.07) is 9.02. The first kappa shape index (κ1) is 16.4. The quantitative estimate of drug-likeness (QED) is 0.619. The van der Waals surface area contributed by atoms with Crippen LogP contribution in [0.4, 0.5) is 0 Å². The molecule has 6 heteroatoms. The van der Waals surface area contributed by atoms with E-state index >= 15 is 0 Å². The lowest BCUT2D eigenvalue weighted by molar-refractivity contribution is -0.153. The van der Waals surface area contributed by atoms with E-state index in [1.807, 2.05) is 35.7 Å². The van der Waals surface area contributed by atoms with Crippen LogP contribution in [-0.2, 0) is 20.9 Å². The number of amides is 1. The molecular formula is C18H18N2O3S. The largest absolute Gasteiger partial charge is 0.459 e. The van der Waals surface area contributed by atoms with Crippen LogP contribution in [-0.4, -0.2) is 34.3 Å². The zero-order chi connectivity index (χ0) is 16.8. The third kappa shape index (κ3) is 4.08. The van der Waals surface area contributed by atoms with Gasteiger partial charge in [0, 0.05) is 18.0 Å². The number of carbonyl (C=O) groups excluding carboxylic acids is 2. The average Bonchev–Trinajstić information content (AvgIpc) is 3.30. The lowest BCUT2D eigenvalue weighted by atomic mass is 10.2. The molecule has 1 aliphatic heterocycles. The molecule has 2 aromatic rings. The van der Waals surface area contributed by atoms with Crippen molar-refractivity contribution in [1.29, 1.82) is 0 Å². The molecule has 1 saturated heterocycles. The van der Waals surface area contributed by atoms with Crippen molar-refractivity contribution >= 4 is 29.3 Å². The smallest absolute Gasteiger partial charge is 0.329 e. The number of thiazole rings is 1. The lowest BCUT2D eigenvalue weighted by Crippen LogP contribution is -2.40. The van der Waals surface area contributed by atoms with E-state index in [4.69, 9.17) is 4.74 Å². The number of aromatic nitrogens is 1. The molecule has 1 aromatic carbocycles. The first-order valence-corrected chi connectivity index (χ1v) is 8.76. The molecule has 3 rings (SSSR count). The molecule has 2 heterocycles. The molecule has 124 valence electrons. The molecule has 0 spiro atoms. The maximum absolute atomic E-state index is 12.3. The van der Waals surface area contributed by atoms with Gasteiger partial charge in [-0.3, -0.25) is 4.79 Å². The average molecular weight is 342 g/mol. The number of carbonyl (C=O) groups is 2. The van der Waals surface area contributed by atoms with Crippen LogP contribution < -0.4 is 0 Å². The van der Waals surface area contributed by atoms with Crippen molar-refractivity contribution in [1.82, 2.24) is 9.88 Å². The second kappa shape index (κ2) is 7.88. The molecule has 0 radical (unpaired) electrons. The minimum absolute atomic E-state index is 0.179. The fourth-order valence-corrected chi connectivity index (χ4v) is 3.18. The van der Waals surface area contributed by atoms with Crippen LogP contribution in [0.3, 0.4) is 0 Å². The molecular weight excluding hydrogens is 324 g/mol. The topological polar surface area (TPSA) is 59.5 Å². The molecule has 1 amide bonds. The maximum Gasteiger partial charge on any atom is 0.329 e. The van der Waals surface area contributed by atoms with Gasteiger partial charge in [0.15, 0.2) is 0 Å². The first-order chi connectivity index (χ1) is 11.7. The van der Waals surface area contributed by atoms with Crippen LogP contribution in [0.1, 0.15) is 24.1 Å². The summed E-state index contributed by atoms with van der Waals surface area (Å²) in [5.74, 6) is -0.520. The van der Waals surface area contributed by atoms with Gasteiger partial charge in [-0.2, -0.15) is 0 Å². The summed E-state index contributed by atoms with van der Waals surface area (Å²) in [7, 11) is 0. The Hall–Kier alpha value is -2.47. The van der Waals surface area contributed by atoms with Crippen molar-refractivity contribution in [2.24, 2.45) is 0 Å². The Morgan fingerprint density at radius 1 is 1.33 bits per heavy atom. The predicted octanol–water partition coefficient (Wildman–Crippen LogP) is 2.89. The van der Waals surface area contributed by atoms with Crippen molar-refractivity contribution in [2.75, 3.05) is 6.54 Å². The molecule has 0 bridgehead atoms. The van der Waals surface area contributed by atoms with Gasteiger partial charge in [0.1, 0.15) is 12.6 Å². The molecule has 0 aliphatic carbocycles. The Labute approximate surface area is 144 Å². The van der Waals surface area contributed by atoms with Gasteiger partial charge in [0.05, 0.1) is 11.2 Å². The first-order valence-electron chi connectivity index (χ1n) is 7.81. The van der Waals surface area contributed by atoms with Gasteiger partial charge in [-0.15, -0.1) is 11.3 Å². The highest BCUT2D eigenvalue weighted by atomic mass is 32.1. The Bertz CT molecular complexity index is 713. The van der Waals surface area contributed by atoms with Gasteiger partial charge in [0.2, 0.25) is 5.91 Å². The second-order valence-electron chi connectivity index (χ2n) is 5.53. The van der Waals surface area contributed by atoms with E-state index in [1.165, 1.54) is 17.4 Å². The summed E-state index contributed by atoms with van der Waals surface area (Å²) in [5, 5.41) is 1.86. The normalized spacial score (nSPS) is 17.3. The van der Waals surface area contributed by atoms with E-state index in [2.05, 4.69) is 4.98 Å². The van der Waals surface area contributed by atoms with E-state index < -0.39 is 6.04 Å². The number of benzene rings is 1. The summed E-state index contributed by atoms with van der Waals surface area (Å²) in [6.45, 7) is 0.804. The van der Waals surface area contributed by atoms with Crippen molar-refractivity contribution in [3.05, 3.63) is 58.6 Å². The van der Waals surface area contributed by atoms with Crippen molar-refractivity contribution in [3.63, 3.8) is 0 Å². The van der Waals surface area contributed by atoms with E-state index in [-0.39, 0.29) is 18.5 Å². The summed E-state index contributed by atoms with van der Waals surface area (Å²) in [4.78, 5) is 30.3. The SMILES string of the molecule is O=C(OCc1ccccc1)[C@H]1CCCN1C(=O)/C=C/c1cscn1. The number of ether oxygens (including phenoxy) is 1. The number of nitrogens with zero attached hydrogens (tertiary/aromatic N) is 2. The van der Waals surface area contributed by atoms with Crippen LogP contribution in [0.2, 0.25) is 0 Å². The van der Waals surface area contributed by atoms with Gasteiger partial charge in [-0.1, -0.05) is 30.3 Å². The van der Waals surface area contributed by atoms with Gasteiger partial charge >= 0.3 is 5.97 Å². The number of hydrogen-bond donors (Lipinski definition) is 0. The zero-order valence-corrected chi connectivity index (χ0v) is 13.9. The van der Waals surface area contributed by atoms with Crippen LogP contribution in [0.5, 0.6) is 0 Å². The van der Waals surface area contributed by atoms with E-state index in [0.717, 1.165) is 17.7 Å². The summed E-state index contributed by atoms with van der Waals surface area (Å²) < 4.78 is 5.38.